The second kappa shape index (κ2) is 8.59. The van der Waals surface area contributed by atoms with E-state index < -0.39 is 0 Å². The van der Waals surface area contributed by atoms with E-state index in [2.05, 4.69) is 40.6 Å². The van der Waals surface area contributed by atoms with E-state index in [-0.39, 0.29) is 12.1 Å². The molecule has 4 aromatic rings. The summed E-state index contributed by atoms with van der Waals surface area (Å²) in [7, 11) is 0. The highest BCUT2D eigenvalue weighted by Gasteiger charge is 2.29. The third-order valence-corrected chi connectivity index (χ3v) is 5.62. The minimum atomic E-state index is 0.170. The normalized spacial score (nSPS) is 18.5. The molecule has 1 fully saturated rings. The predicted octanol–water partition coefficient (Wildman–Crippen LogP) is 5.24. The molecule has 1 saturated carbocycles. The summed E-state index contributed by atoms with van der Waals surface area (Å²) in [6.45, 7) is 0.635. The van der Waals surface area contributed by atoms with E-state index in [0.29, 0.717) is 12.4 Å². The van der Waals surface area contributed by atoms with Crippen molar-refractivity contribution in [3.63, 3.8) is 0 Å². The maximum atomic E-state index is 6.29. The maximum Gasteiger partial charge on any atom is 0.162 e. The summed E-state index contributed by atoms with van der Waals surface area (Å²) < 4.78 is 6.29. The Morgan fingerprint density at radius 3 is 2.53 bits per heavy atom. The molecule has 150 valence electrons. The molecule has 2 atom stereocenters. The van der Waals surface area contributed by atoms with Crippen molar-refractivity contribution in [1.29, 1.82) is 0 Å². The Balaban J connectivity index is 1.41. The highest BCUT2D eigenvalue weighted by atomic mass is 16.5. The second-order valence-corrected chi connectivity index (χ2v) is 7.67. The van der Waals surface area contributed by atoms with Gasteiger partial charge in [0, 0.05) is 23.3 Å². The van der Waals surface area contributed by atoms with Crippen molar-refractivity contribution in [3.05, 3.63) is 84.7 Å². The minimum absolute atomic E-state index is 0.170. The molecule has 0 amide bonds. The molecule has 30 heavy (non-hydrogen) atoms. The van der Waals surface area contributed by atoms with Crippen LogP contribution in [0, 0.1) is 0 Å². The highest BCUT2D eigenvalue weighted by Crippen LogP contribution is 2.30. The van der Waals surface area contributed by atoms with Crippen LogP contribution in [0.2, 0.25) is 0 Å². The lowest BCUT2D eigenvalue weighted by Crippen LogP contribution is -2.31. The van der Waals surface area contributed by atoms with E-state index in [9.17, 15) is 0 Å². The molecule has 0 spiro atoms. The number of pyridine rings is 1. The molecule has 5 heteroatoms. The van der Waals surface area contributed by atoms with Gasteiger partial charge in [0.15, 0.2) is 5.82 Å². The Bertz CT molecular complexity index is 1120. The van der Waals surface area contributed by atoms with Crippen molar-refractivity contribution in [2.45, 2.75) is 38.0 Å². The number of hydrogen-bond acceptors (Lipinski definition) is 5. The van der Waals surface area contributed by atoms with Crippen LogP contribution in [0.1, 0.15) is 24.8 Å². The number of hydrogen-bond donors (Lipinski definition) is 1. The van der Waals surface area contributed by atoms with E-state index in [1.54, 1.807) is 12.4 Å². The van der Waals surface area contributed by atoms with Crippen LogP contribution in [0.3, 0.4) is 0 Å². The van der Waals surface area contributed by atoms with Gasteiger partial charge in [0.2, 0.25) is 0 Å². The van der Waals surface area contributed by atoms with Crippen LogP contribution < -0.4 is 5.32 Å². The monoisotopic (exact) mass is 396 g/mol. The first-order chi connectivity index (χ1) is 14.9. The van der Waals surface area contributed by atoms with Crippen molar-refractivity contribution >= 4 is 16.7 Å². The Hall–Kier alpha value is -3.31. The topological polar surface area (TPSA) is 59.9 Å². The van der Waals surface area contributed by atoms with E-state index in [0.717, 1.165) is 41.5 Å². The summed E-state index contributed by atoms with van der Waals surface area (Å²) in [5, 5.41) is 4.72. The first-order valence-electron chi connectivity index (χ1n) is 10.5. The number of rotatable bonds is 6. The van der Waals surface area contributed by atoms with Gasteiger partial charge in [0.05, 0.1) is 24.3 Å². The Morgan fingerprint density at radius 1 is 0.867 bits per heavy atom. The van der Waals surface area contributed by atoms with Gasteiger partial charge in [0.25, 0.3) is 0 Å². The maximum absolute atomic E-state index is 6.29. The summed E-state index contributed by atoms with van der Waals surface area (Å²) >= 11 is 0. The smallest absolute Gasteiger partial charge is 0.162 e. The average molecular weight is 396 g/mol. The van der Waals surface area contributed by atoms with Gasteiger partial charge in [-0.1, -0.05) is 42.5 Å². The number of ether oxygens (including phenoxy) is 1. The van der Waals surface area contributed by atoms with E-state index in [4.69, 9.17) is 14.7 Å². The van der Waals surface area contributed by atoms with E-state index >= 15 is 0 Å². The quantitative estimate of drug-likeness (QED) is 0.483. The molecule has 5 nitrogen and oxygen atoms in total. The fourth-order valence-corrected chi connectivity index (χ4v) is 4.06. The molecular formula is C25H24N4O. The van der Waals surface area contributed by atoms with Gasteiger partial charge < -0.3 is 10.1 Å². The summed E-state index contributed by atoms with van der Waals surface area (Å²) in [5.41, 5.74) is 3.10. The number of fused-ring (bicyclic) bond motifs is 1. The molecule has 0 saturated heterocycles. The number of nitrogens with zero attached hydrogens (tertiary/aromatic N) is 3. The largest absolute Gasteiger partial charge is 0.371 e. The van der Waals surface area contributed by atoms with Gasteiger partial charge in [-0.2, -0.15) is 0 Å². The molecule has 0 radical (unpaired) electrons. The summed E-state index contributed by atoms with van der Waals surface area (Å²) in [6, 6.07) is 22.6. The molecule has 1 N–H and O–H groups in total. The standard InChI is InChI=1S/C25H24N4O/c1-2-7-18(8-3-1)17-30-23-12-6-11-22(23)28-25-20-9-4-5-10-21(20)27-24(29-25)19-13-15-26-16-14-19/h1-5,7-10,13-16,22-23H,6,11-12,17H2,(H,27,28,29)/t22?,23-/m0/s1. The van der Waals surface area contributed by atoms with Crippen LogP contribution >= 0.6 is 0 Å². The molecule has 5 rings (SSSR count). The average Bonchev–Trinajstić information content (AvgIpc) is 3.26. The van der Waals surface area contributed by atoms with Crippen molar-refractivity contribution in [2.24, 2.45) is 0 Å². The molecule has 2 heterocycles. The van der Waals surface area contributed by atoms with Crippen LogP contribution in [0.25, 0.3) is 22.3 Å². The van der Waals surface area contributed by atoms with Gasteiger partial charge in [-0.15, -0.1) is 0 Å². The minimum Gasteiger partial charge on any atom is -0.371 e. The number of benzene rings is 2. The summed E-state index contributed by atoms with van der Waals surface area (Å²) in [6.07, 6.45) is 6.99. The SMILES string of the molecule is c1ccc(CO[C@H]2CCCC2Nc2nc(-c3ccncc3)nc3ccccc23)cc1. The van der Waals surface area contributed by atoms with Crippen LogP contribution in [-0.4, -0.2) is 27.1 Å². The first-order valence-corrected chi connectivity index (χ1v) is 10.5. The molecule has 1 aliphatic carbocycles. The van der Waals surface area contributed by atoms with Gasteiger partial charge in [0.1, 0.15) is 5.82 Å². The number of anilines is 1. The zero-order chi connectivity index (χ0) is 20.2. The molecule has 0 bridgehead atoms. The molecule has 0 aliphatic heterocycles. The summed E-state index contributed by atoms with van der Waals surface area (Å²) in [5.74, 6) is 1.57. The van der Waals surface area contributed by atoms with Crippen molar-refractivity contribution in [2.75, 3.05) is 5.32 Å². The highest BCUT2D eigenvalue weighted by molar-refractivity contribution is 5.90. The van der Waals surface area contributed by atoms with Gasteiger partial charge in [-0.3, -0.25) is 4.98 Å². The third-order valence-electron chi connectivity index (χ3n) is 5.62. The van der Waals surface area contributed by atoms with Crippen molar-refractivity contribution in [3.8, 4) is 11.4 Å². The summed E-state index contributed by atoms with van der Waals surface area (Å²) in [4.78, 5) is 13.8. The molecule has 2 aromatic carbocycles. The third kappa shape index (κ3) is 4.02. The number of aromatic nitrogens is 3. The fourth-order valence-electron chi connectivity index (χ4n) is 4.06. The molecule has 1 aliphatic rings. The lowest BCUT2D eigenvalue weighted by molar-refractivity contribution is 0.0394. The fraction of sp³-hybridized carbons (Fsp3) is 0.240. The number of para-hydroxylation sites is 1. The van der Waals surface area contributed by atoms with Crippen LogP contribution in [0.4, 0.5) is 5.82 Å². The van der Waals surface area contributed by atoms with E-state index in [1.165, 1.54) is 5.56 Å². The van der Waals surface area contributed by atoms with Gasteiger partial charge in [-0.25, -0.2) is 9.97 Å². The lowest BCUT2D eigenvalue weighted by Gasteiger charge is -2.23. The molecular weight excluding hydrogens is 372 g/mol. The molecule has 1 unspecified atom stereocenters. The zero-order valence-electron chi connectivity index (χ0n) is 16.7. The van der Waals surface area contributed by atoms with Crippen LogP contribution in [-0.2, 0) is 11.3 Å². The predicted molar refractivity (Wildman–Crippen MR) is 119 cm³/mol. The van der Waals surface area contributed by atoms with Crippen molar-refractivity contribution in [1.82, 2.24) is 15.0 Å². The first kappa shape index (κ1) is 18.7. The number of nitrogens with one attached hydrogen (secondary N) is 1. The van der Waals surface area contributed by atoms with Crippen LogP contribution in [0.15, 0.2) is 79.1 Å². The second-order valence-electron chi connectivity index (χ2n) is 7.67. The van der Waals surface area contributed by atoms with Crippen molar-refractivity contribution < 1.29 is 4.74 Å². The van der Waals surface area contributed by atoms with Gasteiger partial charge in [-0.05, 0) is 49.1 Å². The van der Waals surface area contributed by atoms with Gasteiger partial charge >= 0.3 is 0 Å². The Morgan fingerprint density at radius 2 is 1.67 bits per heavy atom. The zero-order valence-corrected chi connectivity index (χ0v) is 16.7. The van der Waals surface area contributed by atoms with Crippen LogP contribution in [0.5, 0.6) is 0 Å². The molecule has 2 aromatic heterocycles. The van der Waals surface area contributed by atoms with E-state index in [1.807, 2.05) is 36.4 Å². The lowest BCUT2D eigenvalue weighted by atomic mass is 10.1. The Kier molecular flexibility index (Phi) is 5.36. The Labute approximate surface area is 176 Å².